The number of benzene rings is 4. The average Bonchev–Trinajstić information content (AvgIpc) is 4.19. The number of amides is 5. The molecule has 10 rings (SSSR count). The number of aliphatic hydroxyl groups is 1. The summed E-state index contributed by atoms with van der Waals surface area (Å²) in [6.07, 6.45) is 3.81. The molecule has 3 aliphatic heterocycles. The van der Waals surface area contributed by atoms with Gasteiger partial charge in [-0.25, -0.2) is 9.37 Å². The number of methoxy groups -OCH3 is 1. The topological polar surface area (TPSA) is 211 Å². The smallest absolute Gasteiger partial charge is 0.246 e. The summed E-state index contributed by atoms with van der Waals surface area (Å²) in [6, 6.07) is 24.4. The van der Waals surface area contributed by atoms with Crippen LogP contribution in [0.15, 0.2) is 103 Å². The number of aliphatic hydroxyl groups excluding tert-OH is 1. The van der Waals surface area contributed by atoms with Crippen LogP contribution in [0.3, 0.4) is 0 Å². The van der Waals surface area contributed by atoms with Crippen LogP contribution in [0.2, 0.25) is 0 Å². The van der Waals surface area contributed by atoms with Crippen molar-refractivity contribution >= 4 is 68.8 Å². The number of likely N-dealkylation sites (tertiary alicyclic amines) is 1. The number of piperazine rings is 1. The molecule has 3 atom stereocenters. The second kappa shape index (κ2) is 24.3. The lowest BCUT2D eigenvalue weighted by molar-refractivity contribution is -0.144. The van der Waals surface area contributed by atoms with Crippen molar-refractivity contribution in [1.82, 2.24) is 35.3 Å². The maximum Gasteiger partial charge on any atom is 0.246 e. The summed E-state index contributed by atoms with van der Waals surface area (Å²) in [5.41, 5.74) is 5.57. The van der Waals surface area contributed by atoms with Gasteiger partial charge in [0.25, 0.3) is 0 Å². The zero-order valence-electron chi connectivity index (χ0n) is 46.5. The number of pyridine rings is 1. The van der Waals surface area contributed by atoms with E-state index in [4.69, 9.17) is 14.5 Å². The number of rotatable bonds is 18. The lowest BCUT2D eigenvalue weighted by atomic mass is 9.85. The normalized spacial score (nSPS) is 19.0. The van der Waals surface area contributed by atoms with Crippen molar-refractivity contribution in [1.29, 1.82) is 0 Å². The maximum absolute atomic E-state index is 14.3. The molecule has 2 aromatic heterocycles. The van der Waals surface area contributed by atoms with Crippen LogP contribution in [0.5, 0.6) is 17.2 Å². The number of hydrogen-bond acceptors (Lipinski definition) is 14. The summed E-state index contributed by atoms with van der Waals surface area (Å²) in [5.74, 6) is 0.129. The molecule has 4 aliphatic rings. The van der Waals surface area contributed by atoms with Crippen molar-refractivity contribution in [2.24, 2.45) is 16.7 Å². The molecule has 81 heavy (non-hydrogen) atoms. The van der Waals surface area contributed by atoms with Gasteiger partial charge >= 0.3 is 0 Å². The minimum atomic E-state index is -1.18. The van der Waals surface area contributed by atoms with E-state index in [2.05, 4.69) is 47.0 Å². The van der Waals surface area contributed by atoms with Crippen molar-refractivity contribution in [3.05, 3.63) is 120 Å². The Kier molecular flexibility index (Phi) is 17.0. The first kappa shape index (κ1) is 56.7. The van der Waals surface area contributed by atoms with Crippen LogP contribution in [0.25, 0.3) is 21.3 Å². The molecule has 426 valence electrons. The van der Waals surface area contributed by atoms with E-state index in [0.717, 1.165) is 96.9 Å². The van der Waals surface area contributed by atoms with E-state index in [0.29, 0.717) is 47.4 Å². The lowest BCUT2D eigenvalue weighted by Crippen LogP contribution is -2.59. The van der Waals surface area contributed by atoms with Gasteiger partial charge in [-0.2, -0.15) is 0 Å². The fourth-order valence-electron chi connectivity index (χ4n) is 11.1. The summed E-state index contributed by atoms with van der Waals surface area (Å²) >= 11 is 1.58. The first-order valence-corrected chi connectivity index (χ1v) is 28.7. The highest BCUT2D eigenvalue weighted by Crippen LogP contribution is 2.48. The number of aromatic nitrogens is 2. The summed E-state index contributed by atoms with van der Waals surface area (Å²) in [7, 11) is 1.66. The molecule has 5 amide bonds. The van der Waals surface area contributed by atoms with Crippen LogP contribution in [0, 0.1) is 29.5 Å². The Balaban J connectivity index is 0.669. The van der Waals surface area contributed by atoms with Gasteiger partial charge in [-0.3, -0.25) is 33.9 Å². The quantitative estimate of drug-likeness (QED) is 0.0526. The molecule has 18 nitrogen and oxygen atoms in total. The van der Waals surface area contributed by atoms with Gasteiger partial charge in [0.2, 0.25) is 29.5 Å². The molecule has 4 fully saturated rings. The van der Waals surface area contributed by atoms with Crippen molar-refractivity contribution in [2.45, 2.75) is 84.5 Å². The molecule has 3 saturated heterocycles. The molecule has 1 aliphatic carbocycles. The first-order valence-electron chi connectivity index (χ1n) is 27.8. The number of nitrogens with zero attached hydrogens (tertiary/aromatic N) is 6. The van der Waals surface area contributed by atoms with E-state index in [1.54, 1.807) is 55.0 Å². The lowest BCUT2D eigenvalue weighted by Gasteiger charge is -2.40. The highest BCUT2D eigenvalue weighted by molar-refractivity contribution is 7.13. The number of thiazole rings is 1. The number of fused-ring (bicyclic) bond motifs is 1. The number of hydrogen-bond donors (Lipinski definition) is 5. The predicted octanol–water partition coefficient (Wildman–Crippen LogP) is 7.61. The highest BCUT2D eigenvalue weighted by atomic mass is 32.1. The number of halogens is 1. The Labute approximate surface area is 475 Å². The molecule has 20 heteroatoms. The van der Waals surface area contributed by atoms with Crippen molar-refractivity contribution in [3.8, 4) is 27.7 Å². The van der Waals surface area contributed by atoms with Crippen LogP contribution in [0.1, 0.15) is 64.1 Å². The van der Waals surface area contributed by atoms with E-state index in [1.165, 1.54) is 29.2 Å². The van der Waals surface area contributed by atoms with Crippen LogP contribution >= 0.6 is 11.3 Å². The van der Waals surface area contributed by atoms with Gasteiger partial charge in [0.05, 0.1) is 47.0 Å². The highest BCUT2D eigenvalue weighted by Gasteiger charge is 2.56. The third kappa shape index (κ3) is 13.3. The average molecular weight is 1120 g/mol. The number of β-amino-alcohol motifs (C(OH)–C–C–N with tert-alkyl or cyclic N) is 1. The van der Waals surface area contributed by atoms with E-state index < -0.39 is 46.6 Å². The minimum absolute atomic E-state index is 0.0109. The second-order valence-corrected chi connectivity index (χ2v) is 23.8. The Hall–Kier alpha value is -7.52. The van der Waals surface area contributed by atoms with Gasteiger partial charge in [0.1, 0.15) is 40.6 Å². The third-order valence-electron chi connectivity index (χ3n) is 16.1. The third-order valence-corrected chi connectivity index (χ3v) is 17.1. The SMILES string of the molecule is COc1cc2c(Oc3ccc(NC(=O)C4(C(=O)Nc5ccc(F)cc5)CC4)cc3)ccnc2cc1N1CCC(CN2CCN(CC(=O)N[C@H](C(=O)N3C[C@H](O)C[C@H]3C(=O)NCc3ccc(-c4scnc4C)cc3)C(C)(C)C)CC2)CC1. The van der Waals surface area contributed by atoms with Crippen molar-refractivity contribution in [2.75, 3.05) is 81.5 Å². The molecule has 6 aromatic rings. The van der Waals surface area contributed by atoms with E-state index >= 15 is 0 Å². The Morgan fingerprint density at radius 1 is 0.827 bits per heavy atom. The summed E-state index contributed by atoms with van der Waals surface area (Å²) < 4.78 is 25.7. The maximum atomic E-state index is 14.3. The molecule has 0 radical (unpaired) electrons. The molecular weight excluding hydrogens is 1050 g/mol. The van der Waals surface area contributed by atoms with Crippen LogP contribution in [0.4, 0.5) is 21.5 Å². The molecule has 1 saturated carbocycles. The predicted molar refractivity (Wildman–Crippen MR) is 310 cm³/mol. The first-order chi connectivity index (χ1) is 38.9. The molecule has 5 heterocycles. The summed E-state index contributed by atoms with van der Waals surface area (Å²) in [4.78, 5) is 86.4. The van der Waals surface area contributed by atoms with E-state index in [9.17, 15) is 33.5 Å². The molecular formula is C61H71FN10O8S. The number of anilines is 3. The fourth-order valence-corrected chi connectivity index (χ4v) is 11.9. The molecule has 4 aromatic carbocycles. The standard InChI is InChI=1S/C61H71FN10O8S/c1-38-54(81-37-65-38)41-8-6-39(7-9-41)33-64-56(75)50-30-45(73)35-72(50)57(76)55(60(2,3)4)68-53(74)36-70-28-26-69(27-29-70)34-40-19-24-71(25-20-40)49-32-48-47(31-52(49)79-5)51(18-23-63-48)80-46-16-14-44(15-17-46)67-59(78)61(21-22-61)58(77)66-43-12-10-42(62)11-13-43/h6-18,23,31-32,37,40,45,50,55,73H,19-22,24-30,33-36H2,1-5H3,(H,64,75)(H,66,77)(H,67,78)(H,68,74)/t45-,50+,55-/m1/s1. The minimum Gasteiger partial charge on any atom is -0.495 e. The zero-order valence-corrected chi connectivity index (χ0v) is 47.3. The fraction of sp³-hybridized carbons (Fsp3) is 0.426. The Bertz CT molecular complexity index is 3240. The number of aryl methyl sites for hydroxylation is 1. The number of ether oxygens (including phenoxy) is 2. The van der Waals surface area contributed by atoms with Gasteiger partial charge in [0, 0.05) is 88.3 Å². The Morgan fingerprint density at radius 2 is 1.48 bits per heavy atom. The van der Waals surface area contributed by atoms with Gasteiger partial charge < -0.3 is 50.5 Å². The van der Waals surface area contributed by atoms with Crippen LogP contribution in [-0.2, 0) is 30.5 Å². The van der Waals surface area contributed by atoms with Gasteiger partial charge in [0.15, 0.2) is 0 Å². The Morgan fingerprint density at radius 3 is 2.10 bits per heavy atom. The van der Waals surface area contributed by atoms with Crippen LogP contribution in [-0.4, -0.2) is 144 Å². The van der Waals surface area contributed by atoms with E-state index in [-0.39, 0.29) is 43.8 Å². The summed E-state index contributed by atoms with van der Waals surface area (Å²) in [6.45, 7) is 13.8. The molecule has 0 bridgehead atoms. The molecule has 5 N–H and O–H groups in total. The zero-order chi connectivity index (χ0) is 57.0. The monoisotopic (exact) mass is 1120 g/mol. The molecule has 0 spiro atoms. The largest absolute Gasteiger partial charge is 0.495 e. The number of piperidine rings is 1. The van der Waals surface area contributed by atoms with Gasteiger partial charge in [-0.15, -0.1) is 11.3 Å². The molecule has 0 unspecified atom stereocenters. The number of carbonyl (C=O) groups excluding carboxylic acids is 5. The van der Waals surface area contributed by atoms with Gasteiger partial charge in [-0.05, 0) is 122 Å². The van der Waals surface area contributed by atoms with Gasteiger partial charge in [-0.1, -0.05) is 45.0 Å². The number of nitrogens with one attached hydrogen (secondary N) is 4. The van der Waals surface area contributed by atoms with Crippen molar-refractivity contribution in [3.63, 3.8) is 0 Å². The summed E-state index contributed by atoms with van der Waals surface area (Å²) in [5, 5.41) is 23.1. The number of carbonyl (C=O) groups is 5. The van der Waals surface area contributed by atoms with Crippen molar-refractivity contribution < 1.29 is 42.9 Å². The van der Waals surface area contributed by atoms with E-state index in [1.807, 2.05) is 63.5 Å². The van der Waals surface area contributed by atoms with Crippen LogP contribution < -0.4 is 35.6 Å². The second-order valence-electron chi connectivity index (χ2n) is 22.9.